The standard InChI is InChI=1S/C15H22N2O/c1-10-3-6-12(7-4-10)15(18)17-14-8-5-11(2)9-13(14)16/h5,8-10,12H,3-4,6-7,16H2,1-2H3,(H,17,18). The molecule has 3 nitrogen and oxygen atoms in total. The van der Waals surface area contributed by atoms with Crippen LogP contribution in [-0.4, -0.2) is 5.91 Å². The number of amides is 1. The second-order valence-corrected chi connectivity index (χ2v) is 5.54. The lowest BCUT2D eigenvalue weighted by molar-refractivity contribution is -0.121. The Morgan fingerprint density at radius 1 is 1.28 bits per heavy atom. The van der Waals surface area contributed by atoms with Crippen molar-refractivity contribution in [1.82, 2.24) is 0 Å². The fourth-order valence-corrected chi connectivity index (χ4v) is 2.55. The van der Waals surface area contributed by atoms with E-state index in [1.54, 1.807) is 0 Å². The van der Waals surface area contributed by atoms with E-state index in [0.717, 1.165) is 42.9 Å². The van der Waals surface area contributed by atoms with Crippen LogP contribution in [0.3, 0.4) is 0 Å². The summed E-state index contributed by atoms with van der Waals surface area (Å²) < 4.78 is 0. The molecular weight excluding hydrogens is 224 g/mol. The van der Waals surface area contributed by atoms with Gasteiger partial charge in [-0.1, -0.05) is 13.0 Å². The molecule has 1 fully saturated rings. The number of anilines is 2. The predicted molar refractivity (Wildman–Crippen MR) is 75.3 cm³/mol. The van der Waals surface area contributed by atoms with Crippen LogP contribution in [0.15, 0.2) is 18.2 Å². The number of hydrogen-bond donors (Lipinski definition) is 2. The van der Waals surface area contributed by atoms with E-state index < -0.39 is 0 Å². The molecule has 2 rings (SSSR count). The quantitative estimate of drug-likeness (QED) is 0.786. The van der Waals surface area contributed by atoms with Gasteiger partial charge in [0.15, 0.2) is 0 Å². The summed E-state index contributed by atoms with van der Waals surface area (Å²) in [5.74, 6) is 1.04. The zero-order valence-electron chi connectivity index (χ0n) is 11.2. The van der Waals surface area contributed by atoms with Crippen molar-refractivity contribution < 1.29 is 4.79 Å². The lowest BCUT2D eigenvalue weighted by Gasteiger charge is -2.25. The van der Waals surface area contributed by atoms with Gasteiger partial charge >= 0.3 is 0 Å². The SMILES string of the molecule is Cc1ccc(NC(=O)C2CCC(C)CC2)c(N)c1. The number of nitrogens with two attached hydrogens (primary N) is 1. The Hall–Kier alpha value is -1.51. The van der Waals surface area contributed by atoms with E-state index >= 15 is 0 Å². The van der Waals surface area contributed by atoms with Crippen molar-refractivity contribution in [3.63, 3.8) is 0 Å². The molecule has 98 valence electrons. The van der Waals surface area contributed by atoms with Gasteiger partial charge in [-0.15, -0.1) is 0 Å². The smallest absolute Gasteiger partial charge is 0.227 e. The van der Waals surface area contributed by atoms with Gasteiger partial charge in [0, 0.05) is 5.92 Å². The van der Waals surface area contributed by atoms with Crippen LogP contribution in [0.5, 0.6) is 0 Å². The third-order valence-corrected chi connectivity index (χ3v) is 3.85. The average Bonchev–Trinajstić information content (AvgIpc) is 2.33. The molecule has 0 aromatic heterocycles. The summed E-state index contributed by atoms with van der Waals surface area (Å²) in [5.41, 5.74) is 8.40. The van der Waals surface area contributed by atoms with E-state index in [4.69, 9.17) is 5.73 Å². The number of aryl methyl sites for hydroxylation is 1. The Bertz CT molecular complexity index is 434. The van der Waals surface area contributed by atoms with Gasteiger partial charge < -0.3 is 11.1 Å². The van der Waals surface area contributed by atoms with Gasteiger partial charge in [-0.25, -0.2) is 0 Å². The highest BCUT2D eigenvalue weighted by Crippen LogP contribution is 2.30. The molecule has 1 aromatic rings. The van der Waals surface area contributed by atoms with Crippen LogP contribution < -0.4 is 11.1 Å². The normalized spacial score (nSPS) is 23.7. The number of benzene rings is 1. The summed E-state index contributed by atoms with van der Waals surface area (Å²) >= 11 is 0. The maximum atomic E-state index is 12.1. The van der Waals surface area contributed by atoms with Gasteiger partial charge in [0.05, 0.1) is 11.4 Å². The first-order chi connectivity index (χ1) is 8.56. The number of rotatable bonds is 2. The second-order valence-electron chi connectivity index (χ2n) is 5.54. The lowest BCUT2D eigenvalue weighted by Crippen LogP contribution is -2.26. The lowest BCUT2D eigenvalue weighted by atomic mass is 9.82. The molecule has 0 atom stereocenters. The first-order valence-electron chi connectivity index (χ1n) is 6.73. The fourth-order valence-electron chi connectivity index (χ4n) is 2.55. The molecule has 1 aliphatic carbocycles. The molecule has 0 unspecified atom stereocenters. The summed E-state index contributed by atoms with van der Waals surface area (Å²) in [5, 5.41) is 2.96. The minimum atomic E-state index is 0.123. The highest BCUT2D eigenvalue weighted by Gasteiger charge is 2.24. The van der Waals surface area contributed by atoms with E-state index in [1.165, 1.54) is 0 Å². The number of nitrogen functional groups attached to an aromatic ring is 1. The van der Waals surface area contributed by atoms with Crippen molar-refractivity contribution in [2.75, 3.05) is 11.1 Å². The van der Waals surface area contributed by atoms with Crippen LogP contribution in [0.2, 0.25) is 0 Å². The Labute approximate surface area is 109 Å². The molecule has 1 aromatic carbocycles. The highest BCUT2D eigenvalue weighted by atomic mass is 16.1. The molecule has 1 aliphatic rings. The van der Waals surface area contributed by atoms with E-state index in [2.05, 4.69) is 12.2 Å². The first kappa shape index (κ1) is 12.9. The van der Waals surface area contributed by atoms with Gasteiger partial charge in [0.1, 0.15) is 0 Å². The Kier molecular flexibility index (Phi) is 3.90. The molecule has 3 heteroatoms. The third-order valence-electron chi connectivity index (χ3n) is 3.85. The zero-order valence-corrected chi connectivity index (χ0v) is 11.2. The number of hydrogen-bond acceptors (Lipinski definition) is 2. The fraction of sp³-hybridized carbons (Fsp3) is 0.533. The minimum absolute atomic E-state index is 0.123. The minimum Gasteiger partial charge on any atom is -0.397 e. The molecule has 0 aliphatic heterocycles. The van der Waals surface area contributed by atoms with Crippen LogP contribution in [0.1, 0.15) is 38.2 Å². The first-order valence-corrected chi connectivity index (χ1v) is 6.73. The molecule has 0 heterocycles. The van der Waals surface area contributed by atoms with Gasteiger partial charge in [-0.3, -0.25) is 4.79 Å². The van der Waals surface area contributed by atoms with E-state index in [0.29, 0.717) is 5.69 Å². The third kappa shape index (κ3) is 3.03. The molecular formula is C15H22N2O. The maximum absolute atomic E-state index is 12.1. The van der Waals surface area contributed by atoms with Crippen molar-refractivity contribution in [3.8, 4) is 0 Å². The van der Waals surface area contributed by atoms with Gasteiger partial charge in [-0.2, -0.15) is 0 Å². The van der Waals surface area contributed by atoms with Crippen LogP contribution in [0, 0.1) is 18.8 Å². The summed E-state index contributed by atoms with van der Waals surface area (Å²) in [4.78, 5) is 12.1. The average molecular weight is 246 g/mol. The Balaban J connectivity index is 1.98. The van der Waals surface area contributed by atoms with E-state index in [1.807, 2.05) is 25.1 Å². The van der Waals surface area contributed by atoms with Gasteiger partial charge in [0.25, 0.3) is 0 Å². The molecule has 3 N–H and O–H groups in total. The van der Waals surface area contributed by atoms with E-state index in [9.17, 15) is 4.79 Å². The summed E-state index contributed by atoms with van der Waals surface area (Å²) in [6.07, 6.45) is 4.31. The monoisotopic (exact) mass is 246 g/mol. The molecule has 1 amide bonds. The van der Waals surface area contributed by atoms with Crippen LogP contribution in [0.25, 0.3) is 0 Å². The van der Waals surface area contributed by atoms with Crippen molar-refractivity contribution in [2.45, 2.75) is 39.5 Å². The molecule has 1 saturated carbocycles. The van der Waals surface area contributed by atoms with Crippen LogP contribution >= 0.6 is 0 Å². The number of nitrogens with one attached hydrogen (secondary N) is 1. The second kappa shape index (κ2) is 5.42. The predicted octanol–water partition coefficient (Wildman–Crippen LogP) is 3.34. The molecule has 0 spiro atoms. The number of carbonyl (C=O) groups excluding carboxylic acids is 1. The van der Waals surface area contributed by atoms with Gasteiger partial charge in [-0.05, 0) is 56.2 Å². The van der Waals surface area contributed by atoms with Crippen LogP contribution in [-0.2, 0) is 4.79 Å². The molecule has 18 heavy (non-hydrogen) atoms. The van der Waals surface area contributed by atoms with Crippen molar-refractivity contribution in [3.05, 3.63) is 23.8 Å². The van der Waals surface area contributed by atoms with Crippen molar-refractivity contribution in [2.24, 2.45) is 11.8 Å². The van der Waals surface area contributed by atoms with E-state index in [-0.39, 0.29) is 11.8 Å². The molecule has 0 bridgehead atoms. The Morgan fingerprint density at radius 2 is 1.94 bits per heavy atom. The number of carbonyl (C=O) groups is 1. The van der Waals surface area contributed by atoms with Crippen molar-refractivity contribution >= 4 is 17.3 Å². The summed E-state index contributed by atoms with van der Waals surface area (Å²) in [6.45, 7) is 4.25. The topological polar surface area (TPSA) is 55.1 Å². The molecule has 0 radical (unpaired) electrons. The highest BCUT2D eigenvalue weighted by molar-refractivity contribution is 5.95. The van der Waals surface area contributed by atoms with Crippen LogP contribution in [0.4, 0.5) is 11.4 Å². The van der Waals surface area contributed by atoms with Gasteiger partial charge in [0.2, 0.25) is 5.91 Å². The largest absolute Gasteiger partial charge is 0.397 e. The zero-order chi connectivity index (χ0) is 13.1. The maximum Gasteiger partial charge on any atom is 0.227 e. The summed E-state index contributed by atoms with van der Waals surface area (Å²) in [7, 11) is 0. The summed E-state index contributed by atoms with van der Waals surface area (Å²) in [6, 6.07) is 5.74. The molecule has 0 saturated heterocycles. The van der Waals surface area contributed by atoms with Crippen molar-refractivity contribution in [1.29, 1.82) is 0 Å². The Morgan fingerprint density at radius 3 is 2.56 bits per heavy atom.